The first-order valence-corrected chi connectivity index (χ1v) is 7.21. The highest BCUT2D eigenvalue weighted by molar-refractivity contribution is 5.89. The molecule has 0 aliphatic rings. The van der Waals surface area contributed by atoms with Gasteiger partial charge in [0.15, 0.2) is 0 Å². The minimum atomic E-state index is -0.267. The van der Waals surface area contributed by atoms with Crippen LogP contribution in [-0.2, 0) is 17.8 Å². The summed E-state index contributed by atoms with van der Waals surface area (Å²) in [6.07, 6.45) is 0. The average Bonchev–Trinajstić information content (AvgIpc) is 2.50. The molecule has 0 atom stereocenters. The normalized spacial score (nSPS) is 10.4. The molecule has 0 fully saturated rings. The highest BCUT2D eigenvalue weighted by Crippen LogP contribution is 2.07. The van der Waals surface area contributed by atoms with E-state index in [2.05, 4.69) is 36.5 Å². The Morgan fingerprint density at radius 1 is 0.952 bits per heavy atom. The molecule has 2 aromatic carbocycles. The van der Waals surface area contributed by atoms with Crippen LogP contribution in [0.5, 0.6) is 0 Å². The number of benzene rings is 2. The number of esters is 1. The van der Waals surface area contributed by atoms with Gasteiger partial charge in [0, 0.05) is 13.1 Å². The Kier molecular flexibility index (Phi) is 5.52. The predicted molar refractivity (Wildman–Crippen MR) is 84.1 cm³/mol. The van der Waals surface area contributed by atoms with Gasteiger partial charge in [0.25, 0.3) is 0 Å². The molecule has 110 valence electrons. The summed E-state index contributed by atoms with van der Waals surface area (Å²) >= 11 is 0. The zero-order chi connectivity index (χ0) is 15.1. The fraction of sp³-hybridized carbons (Fsp3) is 0.278. The highest BCUT2D eigenvalue weighted by Gasteiger charge is 2.05. The molecule has 0 aromatic heterocycles. The average molecular weight is 283 g/mol. The predicted octanol–water partition coefficient (Wildman–Crippen LogP) is 3.46. The lowest BCUT2D eigenvalue weighted by molar-refractivity contribution is 0.0526. The summed E-state index contributed by atoms with van der Waals surface area (Å²) in [6, 6.07) is 16.0. The molecule has 0 bridgehead atoms. The van der Waals surface area contributed by atoms with Crippen LogP contribution in [0.3, 0.4) is 0 Å². The molecule has 3 nitrogen and oxygen atoms in total. The van der Waals surface area contributed by atoms with Gasteiger partial charge in [-0.1, -0.05) is 42.0 Å². The molecule has 0 amide bonds. The van der Waals surface area contributed by atoms with Crippen molar-refractivity contribution in [2.45, 2.75) is 26.9 Å². The SMILES string of the molecule is CCOC(=O)c1ccc(CNCc2ccc(C)cc2)cc1. The van der Waals surface area contributed by atoms with Gasteiger partial charge in [0.1, 0.15) is 0 Å². The van der Waals surface area contributed by atoms with Gasteiger partial charge in [0.2, 0.25) is 0 Å². The maximum absolute atomic E-state index is 11.5. The summed E-state index contributed by atoms with van der Waals surface area (Å²) in [7, 11) is 0. The minimum absolute atomic E-state index is 0.267. The molecule has 0 unspecified atom stereocenters. The van der Waals surface area contributed by atoms with E-state index in [0.29, 0.717) is 12.2 Å². The number of hydrogen-bond acceptors (Lipinski definition) is 3. The van der Waals surface area contributed by atoms with Crippen LogP contribution in [0.1, 0.15) is 34.0 Å². The molecule has 1 N–H and O–H groups in total. The summed E-state index contributed by atoms with van der Waals surface area (Å²) < 4.78 is 4.96. The second-order valence-electron chi connectivity index (χ2n) is 5.01. The zero-order valence-electron chi connectivity index (χ0n) is 12.6. The molecule has 21 heavy (non-hydrogen) atoms. The van der Waals surface area contributed by atoms with Gasteiger partial charge in [-0.2, -0.15) is 0 Å². The van der Waals surface area contributed by atoms with Gasteiger partial charge in [-0.05, 0) is 37.1 Å². The summed E-state index contributed by atoms with van der Waals surface area (Å²) in [6.45, 7) is 5.90. The number of ether oxygens (including phenoxy) is 1. The molecule has 0 heterocycles. The molecule has 3 heteroatoms. The first-order chi connectivity index (χ1) is 10.2. The second kappa shape index (κ2) is 7.60. The number of carbonyl (C=O) groups excluding carboxylic acids is 1. The number of carbonyl (C=O) groups is 1. The third-order valence-corrected chi connectivity index (χ3v) is 3.24. The van der Waals surface area contributed by atoms with Crippen molar-refractivity contribution >= 4 is 5.97 Å². The molecular formula is C18H21NO2. The summed E-state index contributed by atoms with van der Waals surface area (Å²) in [5.74, 6) is -0.267. The van der Waals surface area contributed by atoms with Crippen molar-refractivity contribution in [2.24, 2.45) is 0 Å². The van der Waals surface area contributed by atoms with Crippen LogP contribution in [0.15, 0.2) is 48.5 Å². The number of nitrogens with one attached hydrogen (secondary N) is 1. The molecule has 0 saturated carbocycles. The smallest absolute Gasteiger partial charge is 0.338 e. The monoisotopic (exact) mass is 283 g/mol. The van der Waals surface area contributed by atoms with Crippen LogP contribution in [0.2, 0.25) is 0 Å². The largest absolute Gasteiger partial charge is 0.462 e. The van der Waals surface area contributed by atoms with Crippen molar-refractivity contribution in [1.82, 2.24) is 5.32 Å². The lowest BCUT2D eigenvalue weighted by atomic mass is 10.1. The van der Waals surface area contributed by atoms with Gasteiger partial charge in [-0.3, -0.25) is 0 Å². The third-order valence-electron chi connectivity index (χ3n) is 3.24. The fourth-order valence-corrected chi connectivity index (χ4v) is 2.03. The van der Waals surface area contributed by atoms with Crippen molar-refractivity contribution in [3.8, 4) is 0 Å². The third kappa shape index (κ3) is 4.72. The lowest BCUT2D eigenvalue weighted by Gasteiger charge is -2.07. The Morgan fingerprint density at radius 3 is 2.00 bits per heavy atom. The van der Waals surface area contributed by atoms with Crippen molar-refractivity contribution < 1.29 is 9.53 Å². The standard InChI is InChI=1S/C18H21NO2/c1-3-21-18(20)17-10-8-16(9-11-17)13-19-12-15-6-4-14(2)5-7-15/h4-11,19H,3,12-13H2,1-2H3. The van der Waals surface area contributed by atoms with E-state index >= 15 is 0 Å². The van der Waals surface area contributed by atoms with Crippen molar-refractivity contribution in [3.05, 3.63) is 70.8 Å². The Balaban J connectivity index is 1.83. The van der Waals surface area contributed by atoms with E-state index in [9.17, 15) is 4.79 Å². The van der Waals surface area contributed by atoms with Crippen molar-refractivity contribution in [2.75, 3.05) is 6.61 Å². The second-order valence-corrected chi connectivity index (χ2v) is 5.01. The van der Waals surface area contributed by atoms with E-state index in [-0.39, 0.29) is 5.97 Å². The summed E-state index contributed by atoms with van der Waals surface area (Å²) in [5.41, 5.74) is 4.28. The van der Waals surface area contributed by atoms with Gasteiger partial charge < -0.3 is 10.1 Å². The lowest BCUT2D eigenvalue weighted by Crippen LogP contribution is -2.13. The van der Waals surface area contributed by atoms with E-state index in [1.165, 1.54) is 11.1 Å². The van der Waals surface area contributed by atoms with Gasteiger partial charge in [0.05, 0.1) is 12.2 Å². The quantitative estimate of drug-likeness (QED) is 0.825. The molecule has 0 saturated heterocycles. The first kappa shape index (κ1) is 15.3. The van der Waals surface area contributed by atoms with E-state index < -0.39 is 0 Å². The number of rotatable bonds is 6. The topological polar surface area (TPSA) is 38.3 Å². The Bertz CT molecular complexity index is 573. The molecule has 0 radical (unpaired) electrons. The van der Waals surface area contributed by atoms with Crippen LogP contribution in [-0.4, -0.2) is 12.6 Å². The van der Waals surface area contributed by atoms with Crippen LogP contribution in [0.25, 0.3) is 0 Å². The maximum atomic E-state index is 11.5. The number of hydrogen-bond donors (Lipinski definition) is 1. The Labute approximate surface area is 126 Å². The van der Waals surface area contributed by atoms with E-state index in [1.807, 2.05) is 12.1 Å². The van der Waals surface area contributed by atoms with Gasteiger partial charge in [-0.15, -0.1) is 0 Å². The number of aryl methyl sites for hydroxylation is 1. The van der Waals surface area contributed by atoms with E-state index in [0.717, 1.165) is 18.7 Å². The summed E-state index contributed by atoms with van der Waals surface area (Å²) in [4.78, 5) is 11.5. The van der Waals surface area contributed by atoms with Crippen LogP contribution >= 0.6 is 0 Å². The maximum Gasteiger partial charge on any atom is 0.338 e. The van der Waals surface area contributed by atoms with E-state index in [4.69, 9.17) is 4.74 Å². The Hall–Kier alpha value is -2.13. The molecule has 0 aliphatic carbocycles. The fourth-order valence-electron chi connectivity index (χ4n) is 2.03. The first-order valence-electron chi connectivity index (χ1n) is 7.21. The molecule has 0 aliphatic heterocycles. The van der Waals surface area contributed by atoms with Gasteiger partial charge >= 0.3 is 5.97 Å². The van der Waals surface area contributed by atoms with Gasteiger partial charge in [-0.25, -0.2) is 4.79 Å². The van der Waals surface area contributed by atoms with Crippen LogP contribution in [0.4, 0.5) is 0 Å². The minimum Gasteiger partial charge on any atom is -0.462 e. The highest BCUT2D eigenvalue weighted by atomic mass is 16.5. The van der Waals surface area contributed by atoms with Crippen molar-refractivity contribution in [1.29, 1.82) is 0 Å². The molecular weight excluding hydrogens is 262 g/mol. The van der Waals surface area contributed by atoms with Crippen molar-refractivity contribution in [3.63, 3.8) is 0 Å². The molecule has 2 aromatic rings. The molecule has 2 rings (SSSR count). The van der Waals surface area contributed by atoms with Crippen LogP contribution < -0.4 is 5.32 Å². The Morgan fingerprint density at radius 2 is 1.48 bits per heavy atom. The molecule has 0 spiro atoms. The van der Waals surface area contributed by atoms with E-state index in [1.54, 1.807) is 19.1 Å². The summed E-state index contributed by atoms with van der Waals surface area (Å²) in [5, 5.41) is 3.40. The zero-order valence-corrected chi connectivity index (χ0v) is 12.6. The van der Waals surface area contributed by atoms with Crippen LogP contribution in [0, 0.1) is 6.92 Å².